The van der Waals surface area contributed by atoms with Gasteiger partial charge in [0.05, 0.1) is 23.1 Å². The standard InChI is InChI=1S/C15H18N2O2.C7H8O3S/c1-2-19-15(18)14-8-7-13(17-14)9-11-3-5-12(10-16)6-4-11;1-6-2-4-7(5-3-6)11(8,9)10/h3-6,13-14,17H,2,7-9H2,1H3;2-5H,1H3,(H,8,9,10). The summed E-state index contributed by atoms with van der Waals surface area (Å²) < 4.78 is 34.6. The molecule has 1 saturated heterocycles. The summed E-state index contributed by atoms with van der Waals surface area (Å²) in [6.45, 7) is 4.09. The number of benzene rings is 2. The van der Waals surface area contributed by atoms with Gasteiger partial charge in [0, 0.05) is 6.04 Å². The highest BCUT2D eigenvalue weighted by Crippen LogP contribution is 2.18. The number of hydrogen-bond donors (Lipinski definition) is 2. The summed E-state index contributed by atoms with van der Waals surface area (Å²) in [5.74, 6) is -0.148. The Morgan fingerprint density at radius 3 is 2.33 bits per heavy atom. The third-order valence-corrected chi connectivity index (χ3v) is 5.56. The second-order valence-electron chi connectivity index (χ2n) is 7.05. The van der Waals surface area contributed by atoms with Gasteiger partial charge in [-0.3, -0.25) is 9.35 Å². The average molecular weight is 431 g/mol. The van der Waals surface area contributed by atoms with E-state index in [9.17, 15) is 13.2 Å². The first-order valence-corrected chi connectivity index (χ1v) is 11.1. The number of esters is 1. The molecule has 0 bridgehead atoms. The molecule has 2 N–H and O–H groups in total. The molecule has 2 aromatic rings. The molecule has 1 aliphatic heterocycles. The molecule has 0 aromatic heterocycles. The molecule has 1 aliphatic rings. The van der Waals surface area contributed by atoms with Crippen molar-refractivity contribution < 1.29 is 22.5 Å². The first-order valence-electron chi connectivity index (χ1n) is 9.68. The highest BCUT2D eigenvalue weighted by Gasteiger charge is 2.29. The molecule has 1 fully saturated rings. The molecule has 0 aliphatic carbocycles. The van der Waals surface area contributed by atoms with Crippen molar-refractivity contribution in [2.24, 2.45) is 0 Å². The lowest BCUT2D eigenvalue weighted by molar-refractivity contribution is -0.145. The van der Waals surface area contributed by atoms with Crippen LogP contribution in [0.25, 0.3) is 0 Å². The van der Waals surface area contributed by atoms with E-state index in [0.29, 0.717) is 18.2 Å². The van der Waals surface area contributed by atoms with Crippen molar-refractivity contribution in [3.05, 3.63) is 65.2 Å². The zero-order valence-corrected chi connectivity index (χ0v) is 17.9. The molecule has 30 heavy (non-hydrogen) atoms. The molecule has 160 valence electrons. The first kappa shape index (κ1) is 23.5. The second-order valence-corrected chi connectivity index (χ2v) is 8.47. The Kier molecular flexibility index (Phi) is 8.54. The van der Waals surface area contributed by atoms with Crippen LogP contribution < -0.4 is 5.32 Å². The van der Waals surface area contributed by atoms with Gasteiger partial charge in [-0.15, -0.1) is 0 Å². The number of carbonyl (C=O) groups is 1. The van der Waals surface area contributed by atoms with Crippen LogP contribution in [0.5, 0.6) is 0 Å². The number of aryl methyl sites for hydroxylation is 1. The van der Waals surface area contributed by atoms with E-state index in [1.54, 1.807) is 12.1 Å². The summed E-state index contributed by atoms with van der Waals surface area (Å²) >= 11 is 0. The van der Waals surface area contributed by atoms with Crippen LogP contribution in [-0.2, 0) is 26.1 Å². The Hall–Kier alpha value is -2.73. The maximum absolute atomic E-state index is 11.6. The summed E-state index contributed by atoms with van der Waals surface area (Å²) in [6.07, 6.45) is 2.69. The normalized spacial score (nSPS) is 18.1. The van der Waals surface area contributed by atoms with Crippen molar-refractivity contribution in [2.75, 3.05) is 6.61 Å². The predicted octanol–water partition coefficient (Wildman–Crippen LogP) is 3.03. The molecule has 0 amide bonds. The SMILES string of the molecule is CCOC(=O)C1CCC(Cc2ccc(C#N)cc2)N1.Cc1ccc(S(=O)(=O)O)cc1. The van der Waals surface area contributed by atoms with E-state index in [4.69, 9.17) is 14.6 Å². The van der Waals surface area contributed by atoms with Crippen LogP contribution in [-0.4, -0.2) is 37.6 Å². The van der Waals surface area contributed by atoms with Gasteiger partial charge in [0.2, 0.25) is 0 Å². The van der Waals surface area contributed by atoms with Crippen LogP contribution in [0, 0.1) is 18.3 Å². The highest BCUT2D eigenvalue weighted by atomic mass is 32.2. The molecule has 0 radical (unpaired) electrons. The van der Waals surface area contributed by atoms with E-state index < -0.39 is 10.1 Å². The minimum absolute atomic E-state index is 0.0666. The molecule has 0 spiro atoms. The van der Waals surface area contributed by atoms with Crippen LogP contribution >= 0.6 is 0 Å². The van der Waals surface area contributed by atoms with Crippen LogP contribution in [0.4, 0.5) is 0 Å². The van der Waals surface area contributed by atoms with E-state index >= 15 is 0 Å². The van der Waals surface area contributed by atoms with Crippen molar-refractivity contribution in [1.29, 1.82) is 5.26 Å². The van der Waals surface area contributed by atoms with Crippen molar-refractivity contribution in [2.45, 2.75) is 50.1 Å². The zero-order chi connectivity index (χ0) is 22.1. The number of hydrogen-bond acceptors (Lipinski definition) is 6. The van der Waals surface area contributed by atoms with Gasteiger partial charge in [-0.25, -0.2) is 0 Å². The lowest BCUT2D eigenvalue weighted by atomic mass is 10.0. The summed E-state index contributed by atoms with van der Waals surface area (Å²) in [7, 11) is -4.02. The van der Waals surface area contributed by atoms with Gasteiger partial charge in [0.1, 0.15) is 6.04 Å². The third kappa shape index (κ3) is 7.26. The van der Waals surface area contributed by atoms with Crippen molar-refractivity contribution in [3.8, 4) is 6.07 Å². The fraction of sp³-hybridized carbons (Fsp3) is 0.364. The van der Waals surface area contributed by atoms with Crippen LogP contribution in [0.15, 0.2) is 53.4 Å². The molecule has 0 saturated carbocycles. The van der Waals surface area contributed by atoms with Crippen LogP contribution in [0.1, 0.15) is 36.5 Å². The molecule has 3 rings (SSSR count). The first-order chi connectivity index (χ1) is 14.2. The average Bonchev–Trinajstić information content (AvgIpc) is 3.17. The maximum Gasteiger partial charge on any atom is 0.323 e. The number of carbonyl (C=O) groups excluding carboxylic acids is 1. The van der Waals surface area contributed by atoms with E-state index in [0.717, 1.165) is 24.8 Å². The summed E-state index contributed by atoms with van der Waals surface area (Å²) in [4.78, 5) is 11.5. The van der Waals surface area contributed by atoms with Gasteiger partial charge in [-0.05, 0) is 62.9 Å². The van der Waals surface area contributed by atoms with Gasteiger partial charge in [0.15, 0.2) is 0 Å². The summed E-state index contributed by atoms with van der Waals surface area (Å²) in [5, 5.41) is 12.1. The minimum atomic E-state index is -4.02. The third-order valence-electron chi connectivity index (χ3n) is 4.70. The fourth-order valence-corrected chi connectivity index (χ4v) is 3.60. The molecule has 8 heteroatoms. The Balaban J connectivity index is 0.000000248. The number of nitrogens with one attached hydrogen (secondary N) is 1. The topological polar surface area (TPSA) is 116 Å². The Morgan fingerprint density at radius 1 is 1.17 bits per heavy atom. The molecule has 2 aromatic carbocycles. The van der Waals surface area contributed by atoms with Gasteiger partial charge in [-0.2, -0.15) is 13.7 Å². The maximum atomic E-state index is 11.6. The number of nitrogens with zero attached hydrogens (tertiary/aromatic N) is 1. The van der Waals surface area contributed by atoms with Crippen LogP contribution in [0.2, 0.25) is 0 Å². The van der Waals surface area contributed by atoms with Gasteiger partial charge >= 0.3 is 5.97 Å². The van der Waals surface area contributed by atoms with E-state index in [1.165, 1.54) is 17.7 Å². The lowest BCUT2D eigenvalue weighted by Gasteiger charge is -2.13. The minimum Gasteiger partial charge on any atom is -0.465 e. The lowest BCUT2D eigenvalue weighted by Crippen LogP contribution is -2.37. The number of ether oxygens (including phenoxy) is 1. The van der Waals surface area contributed by atoms with Gasteiger partial charge in [0.25, 0.3) is 10.1 Å². The van der Waals surface area contributed by atoms with Crippen molar-refractivity contribution >= 4 is 16.1 Å². The Bertz CT molecular complexity index is 980. The molecule has 2 unspecified atom stereocenters. The highest BCUT2D eigenvalue weighted by molar-refractivity contribution is 7.85. The van der Waals surface area contributed by atoms with E-state index in [-0.39, 0.29) is 16.9 Å². The van der Waals surface area contributed by atoms with E-state index in [1.807, 2.05) is 38.1 Å². The van der Waals surface area contributed by atoms with Crippen molar-refractivity contribution in [1.82, 2.24) is 5.32 Å². The van der Waals surface area contributed by atoms with Crippen LogP contribution in [0.3, 0.4) is 0 Å². The quantitative estimate of drug-likeness (QED) is 0.553. The van der Waals surface area contributed by atoms with Gasteiger partial charge in [-0.1, -0.05) is 29.8 Å². The molecule has 1 heterocycles. The number of rotatable bonds is 5. The Labute approximate surface area is 177 Å². The smallest absolute Gasteiger partial charge is 0.323 e. The van der Waals surface area contributed by atoms with Gasteiger partial charge < -0.3 is 10.1 Å². The zero-order valence-electron chi connectivity index (χ0n) is 17.0. The largest absolute Gasteiger partial charge is 0.465 e. The molecular weight excluding hydrogens is 404 g/mol. The summed E-state index contributed by atoms with van der Waals surface area (Å²) in [6, 6.07) is 15.8. The molecular formula is C22H26N2O5S. The van der Waals surface area contributed by atoms with E-state index in [2.05, 4.69) is 11.4 Å². The molecule has 7 nitrogen and oxygen atoms in total. The second kappa shape index (κ2) is 10.9. The monoisotopic (exact) mass is 430 g/mol. The van der Waals surface area contributed by atoms with Crippen molar-refractivity contribution in [3.63, 3.8) is 0 Å². The molecule has 2 atom stereocenters. The Morgan fingerprint density at radius 2 is 1.80 bits per heavy atom. The number of nitriles is 1. The fourth-order valence-electron chi connectivity index (χ4n) is 3.12. The summed E-state index contributed by atoms with van der Waals surface area (Å²) in [5.41, 5.74) is 2.81. The predicted molar refractivity (Wildman–Crippen MR) is 112 cm³/mol.